The average Bonchev–Trinajstić information content (AvgIpc) is 2.86. The van der Waals surface area contributed by atoms with Crippen molar-refractivity contribution in [2.75, 3.05) is 13.6 Å². The van der Waals surface area contributed by atoms with Crippen LogP contribution in [0.4, 0.5) is 0 Å². The fourth-order valence-electron chi connectivity index (χ4n) is 3.20. The maximum absolute atomic E-state index is 12.1. The van der Waals surface area contributed by atoms with Crippen molar-refractivity contribution in [1.82, 2.24) is 4.90 Å². The van der Waals surface area contributed by atoms with E-state index in [4.69, 9.17) is 5.11 Å². The van der Waals surface area contributed by atoms with Crippen molar-refractivity contribution in [3.8, 4) is 0 Å². The van der Waals surface area contributed by atoms with E-state index in [1.165, 1.54) is 19.3 Å². The van der Waals surface area contributed by atoms with Gasteiger partial charge in [0.1, 0.15) is 0 Å². The van der Waals surface area contributed by atoms with Crippen molar-refractivity contribution < 1.29 is 14.7 Å². The van der Waals surface area contributed by atoms with Gasteiger partial charge in [0.05, 0.1) is 6.42 Å². The SMILES string of the molecule is CN(CCC(=O)O)C(=O)C1CC2CCC1C2. The summed E-state index contributed by atoms with van der Waals surface area (Å²) in [4.78, 5) is 24.1. The molecule has 0 aromatic rings. The van der Waals surface area contributed by atoms with Gasteiger partial charge in [-0.3, -0.25) is 9.59 Å². The molecule has 2 saturated carbocycles. The first-order valence-electron chi connectivity index (χ1n) is 6.04. The molecule has 3 unspecified atom stereocenters. The first kappa shape index (κ1) is 11.4. The Labute approximate surface area is 95.6 Å². The Kier molecular flexibility index (Phi) is 3.17. The highest BCUT2D eigenvalue weighted by atomic mass is 16.4. The molecule has 0 aliphatic heterocycles. The van der Waals surface area contributed by atoms with Gasteiger partial charge in [0.15, 0.2) is 0 Å². The smallest absolute Gasteiger partial charge is 0.305 e. The molecule has 0 spiro atoms. The number of carboxylic acids is 1. The van der Waals surface area contributed by atoms with Gasteiger partial charge in [-0.2, -0.15) is 0 Å². The highest BCUT2D eigenvalue weighted by molar-refractivity contribution is 5.80. The van der Waals surface area contributed by atoms with E-state index in [2.05, 4.69) is 0 Å². The Morgan fingerprint density at radius 3 is 2.56 bits per heavy atom. The lowest BCUT2D eigenvalue weighted by Crippen LogP contribution is -2.36. The van der Waals surface area contributed by atoms with Crippen LogP contribution in [0.25, 0.3) is 0 Å². The molecule has 0 heterocycles. The quantitative estimate of drug-likeness (QED) is 0.785. The molecule has 4 heteroatoms. The number of fused-ring (bicyclic) bond motifs is 2. The first-order chi connectivity index (χ1) is 7.58. The number of nitrogens with zero attached hydrogens (tertiary/aromatic N) is 1. The zero-order valence-corrected chi connectivity index (χ0v) is 9.69. The molecular formula is C12H19NO3. The Morgan fingerprint density at radius 1 is 1.31 bits per heavy atom. The van der Waals surface area contributed by atoms with E-state index in [0.29, 0.717) is 12.5 Å². The zero-order chi connectivity index (χ0) is 11.7. The molecule has 2 aliphatic carbocycles. The molecule has 1 N–H and O–H groups in total. The van der Waals surface area contributed by atoms with Crippen molar-refractivity contribution >= 4 is 11.9 Å². The fourth-order valence-corrected chi connectivity index (χ4v) is 3.20. The minimum atomic E-state index is -0.840. The molecule has 2 bridgehead atoms. The van der Waals surface area contributed by atoms with E-state index in [0.717, 1.165) is 12.3 Å². The molecule has 90 valence electrons. The molecule has 16 heavy (non-hydrogen) atoms. The van der Waals surface area contributed by atoms with Gasteiger partial charge in [0.2, 0.25) is 5.91 Å². The summed E-state index contributed by atoms with van der Waals surface area (Å²) < 4.78 is 0. The number of aliphatic carboxylic acids is 1. The van der Waals surface area contributed by atoms with E-state index in [-0.39, 0.29) is 18.2 Å². The maximum Gasteiger partial charge on any atom is 0.305 e. The number of hydrogen-bond acceptors (Lipinski definition) is 2. The van der Waals surface area contributed by atoms with Crippen molar-refractivity contribution in [2.24, 2.45) is 17.8 Å². The summed E-state index contributed by atoms with van der Waals surface area (Å²) in [5.41, 5.74) is 0. The van der Waals surface area contributed by atoms with Gasteiger partial charge in [0, 0.05) is 19.5 Å². The molecule has 0 radical (unpaired) electrons. The lowest BCUT2D eigenvalue weighted by Gasteiger charge is -2.26. The predicted octanol–water partition coefficient (Wildman–Crippen LogP) is 1.36. The molecule has 0 saturated heterocycles. The topological polar surface area (TPSA) is 57.6 Å². The van der Waals surface area contributed by atoms with Gasteiger partial charge in [0.25, 0.3) is 0 Å². The van der Waals surface area contributed by atoms with Gasteiger partial charge in [-0.15, -0.1) is 0 Å². The third kappa shape index (κ3) is 2.20. The number of hydrogen-bond donors (Lipinski definition) is 1. The van der Waals surface area contributed by atoms with Crippen LogP contribution in [0.15, 0.2) is 0 Å². The number of carbonyl (C=O) groups excluding carboxylic acids is 1. The monoisotopic (exact) mass is 225 g/mol. The fraction of sp³-hybridized carbons (Fsp3) is 0.833. The third-order valence-corrected chi connectivity index (χ3v) is 4.09. The zero-order valence-electron chi connectivity index (χ0n) is 9.69. The maximum atomic E-state index is 12.1. The largest absolute Gasteiger partial charge is 0.481 e. The van der Waals surface area contributed by atoms with Gasteiger partial charge < -0.3 is 10.0 Å². The molecule has 4 nitrogen and oxygen atoms in total. The summed E-state index contributed by atoms with van der Waals surface area (Å²) in [7, 11) is 1.72. The first-order valence-corrected chi connectivity index (χ1v) is 6.04. The van der Waals surface area contributed by atoms with Crippen LogP contribution < -0.4 is 0 Å². The highest BCUT2D eigenvalue weighted by Gasteiger charge is 2.43. The molecule has 1 amide bonds. The number of carbonyl (C=O) groups is 2. The Morgan fingerprint density at radius 2 is 2.06 bits per heavy atom. The Bertz CT molecular complexity index is 303. The molecule has 2 fully saturated rings. The minimum Gasteiger partial charge on any atom is -0.481 e. The number of amides is 1. The summed E-state index contributed by atoms with van der Waals surface area (Å²) in [6, 6.07) is 0. The predicted molar refractivity (Wildman–Crippen MR) is 58.8 cm³/mol. The number of rotatable bonds is 4. The normalized spacial score (nSPS) is 31.7. The van der Waals surface area contributed by atoms with E-state index in [1.807, 2.05) is 0 Å². The van der Waals surface area contributed by atoms with Gasteiger partial charge >= 0.3 is 5.97 Å². The second kappa shape index (κ2) is 4.44. The van der Waals surface area contributed by atoms with Crippen LogP contribution in [0.5, 0.6) is 0 Å². The average molecular weight is 225 g/mol. The molecule has 3 atom stereocenters. The van der Waals surface area contributed by atoms with Crippen molar-refractivity contribution in [2.45, 2.75) is 32.1 Å². The van der Waals surface area contributed by atoms with Crippen LogP contribution in [-0.2, 0) is 9.59 Å². The summed E-state index contributed by atoms with van der Waals surface area (Å²) in [5.74, 6) is 0.829. The molecule has 0 aromatic carbocycles. The summed E-state index contributed by atoms with van der Waals surface area (Å²) in [6.45, 7) is 0.335. The lowest BCUT2D eigenvalue weighted by atomic mass is 9.88. The second-order valence-electron chi connectivity index (χ2n) is 5.18. The van der Waals surface area contributed by atoms with Crippen LogP contribution in [0.1, 0.15) is 32.1 Å². The summed E-state index contributed by atoms with van der Waals surface area (Å²) in [5, 5.41) is 8.58. The van der Waals surface area contributed by atoms with E-state index < -0.39 is 5.97 Å². The summed E-state index contributed by atoms with van der Waals surface area (Å²) in [6.07, 6.45) is 4.76. The third-order valence-electron chi connectivity index (χ3n) is 4.09. The number of carboxylic acid groups (broad SMARTS) is 1. The molecule has 2 aliphatic rings. The van der Waals surface area contributed by atoms with Crippen molar-refractivity contribution in [1.29, 1.82) is 0 Å². The van der Waals surface area contributed by atoms with Crippen LogP contribution in [-0.4, -0.2) is 35.5 Å². The molecule has 0 aromatic heterocycles. The van der Waals surface area contributed by atoms with E-state index >= 15 is 0 Å². The van der Waals surface area contributed by atoms with Gasteiger partial charge in [-0.25, -0.2) is 0 Å². The van der Waals surface area contributed by atoms with Crippen LogP contribution in [0.2, 0.25) is 0 Å². The van der Waals surface area contributed by atoms with Crippen LogP contribution in [0, 0.1) is 17.8 Å². The van der Waals surface area contributed by atoms with Crippen molar-refractivity contribution in [3.63, 3.8) is 0 Å². The Balaban J connectivity index is 1.85. The summed E-state index contributed by atoms with van der Waals surface area (Å²) >= 11 is 0. The van der Waals surface area contributed by atoms with E-state index in [1.54, 1.807) is 11.9 Å². The molecule has 2 rings (SSSR count). The lowest BCUT2D eigenvalue weighted by molar-refractivity contribution is -0.139. The van der Waals surface area contributed by atoms with Crippen LogP contribution >= 0.6 is 0 Å². The van der Waals surface area contributed by atoms with Crippen molar-refractivity contribution in [3.05, 3.63) is 0 Å². The van der Waals surface area contributed by atoms with Gasteiger partial charge in [-0.05, 0) is 31.1 Å². The Hall–Kier alpha value is -1.06. The van der Waals surface area contributed by atoms with E-state index in [9.17, 15) is 9.59 Å². The highest BCUT2D eigenvalue weighted by Crippen LogP contribution is 2.48. The standard InChI is InChI=1S/C12H19NO3/c1-13(5-4-11(14)15)12(16)10-7-8-2-3-9(10)6-8/h8-10H,2-7H2,1H3,(H,14,15). The minimum absolute atomic E-state index is 0.0447. The van der Waals surface area contributed by atoms with Gasteiger partial charge in [-0.1, -0.05) is 6.42 Å². The molecular weight excluding hydrogens is 206 g/mol. The second-order valence-corrected chi connectivity index (χ2v) is 5.18. The van der Waals surface area contributed by atoms with Crippen LogP contribution in [0.3, 0.4) is 0 Å².